The fourth-order valence-corrected chi connectivity index (χ4v) is 3.16. The van der Waals surface area contributed by atoms with Crippen molar-refractivity contribution >= 4 is 23.2 Å². The van der Waals surface area contributed by atoms with Crippen LogP contribution in [0.15, 0.2) is 76.2 Å². The molecule has 0 spiro atoms. The van der Waals surface area contributed by atoms with Crippen molar-refractivity contribution in [2.75, 3.05) is 0 Å². The number of benzene rings is 2. The third-order valence-electron chi connectivity index (χ3n) is 4.24. The minimum atomic E-state index is -0.0906. The van der Waals surface area contributed by atoms with Crippen LogP contribution >= 0.6 is 23.2 Å². The zero-order valence-electron chi connectivity index (χ0n) is 14.7. The van der Waals surface area contributed by atoms with Gasteiger partial charge in [-0.2, -0.15) is 4.98 Å². The van der Waals surface area contributed by atoms with E-state index in [0.717, 1.165) is 11.1 Å². The van der Waals surface area contributed by atoms with Crippen LogP contribution in [-0.4, -0.2) is 14.7 Å². The van der Waals surface area contributed by atoms with Crippen LogP contribution in [0.25, 0.3) is 11.4 Å². The molecule has 2 heterocycles. The zero-order chi connectivity index (χ0) is 19.5. The van der Waals surface area contributed by atoms with Crippen molar-refractivity contribution < 1.29 is 4.52 Å². The second kappa shape index (κ2) is 8.00. The Labute approximate surface area is 171 Å². The topological polar surface area (TPSA) is 60.9 Å². The van der Waals surface area contributed by atoms with E-state index in [1.165, 1.54) is 6.07 Å². The van der Waals surface area contributed by atoms with Crippen molar-refractivity contribution in [3.63, 3.8) is 0 Å². The predicted molar refractivity (Wildman–Crippen MR) is 109 cm³/mol. The average molecular weight is 412 g/mol. The Bertz CT molecular complexity index is 1170. The number of halogens is 2. The minimum Gasteiger partial charge on any atom is -0.339 e. The van der Waals surface area contributed by atoms with Gasteiger partial charge in [0.05, 0.1) is 23.0 Å². The van der Waals surface area contributed by atoms with Gasteiger partial charge in [0.1, 0.15) is 0 Å². The summed E-state index contributed by atoms with van der Waals surface area (Å²) in [6.45, 7) is 0.474. The summed E-state index contributed by atoms with van der Waals surface area (Å²) in [5.41, 5.74) is 2.57. The quantitative estimate of drug-likeness (QED) is 0.471. The van der Waals surface area contributed by atoms with E-state index in [1.807, 2.05) is 36.4 Å². The van der Waals surface area contributed by atoms with Crippen molar-refractivity contribution in [1.29, 1.82) is 0 Å². The lowest BCUT2D eigenvalue weighted by Crippen LogP contribution is -2.19. The summed E-state index contributed by atoms with van der Waals surface area (Å²) < 4.78 is 6.98. The Hall–Kier alpha value is -2.89. The summed E-state index contributed by atoms with van der Waals surface area (Å²) in [5.74, 6) is 0.881. The van der Waals surface area contributed by atoms with Crippen LogP contribution in [0.5, 0.6) is 0 Å². The van der Waals surface area contributed by atoms with E-state index in [-0.39, 0.29) is 5.56 Å². The van der Waals surface area contributed by atoms with Gasteiger partial charge in [-0.1, -0.05) is 64.8 Å². The van der Waals surface area contributed by atoms with Gasteiger partial charge in [0.25, 0.3) is 5.56 Å². The average Bonchev–Trinajstić information content (AvgIpc) is 3.16. The van der Waals surface area contributed by atoms with Gasteiger partial charge in [-0.3, -0.25) is 4.79 Å². The summed E-state index contributed by atoms with van der Waals surface area (Å²) in [5, 5.41) is 5.02. The second-order valence-electron chi connectivity index (χ2n) is 6.31. The fraction of sp³-hybridized carbons (Fsp3) is 0.0952. The van der Waals surface area contributed by atoms with Crippen LogP contribution in [0.1, 0.15) is 17.0 Å². The standard InChI is InChI=1S/C21H15Cl2N3O2/c22-17-8-6-15(10-18(17)23)11-19-24-21(25-28-19)16-7-9-20(27)26(13-16)12-14-4-2-1-3-5-14/h1-10,13H,11-12H2. The van der Waals surface area contributed by atoms with E-state index in [2.05, 4.69) is 10.1 Å². The maximum absolute atomic E-state index is 12.2. The van der Waals surface area contributed by atoms with E-state index in [9.17, 15) is 4.79 Å². The van der Waals surface area contributed by atoms with E-state index in [0.29, 0.717) is 40.3 Å². The smallest absolute Gasteiger partial charge is 0.250 e. The largest absolute Gasteiger partial charge is 0.339 e. The molecule has 2 aromatic carbocycles. The van der Waals surface area contributed by atoms with Gasteiger partial charge in [-0.05, 0) is 29.3 Å². The molecule has 0 aliphatic heterocycles. The van der Waals surface area contributed by atoms with Gasteiger partial charge in [-0.25, -0.2) is 0 Å². The zero-order valence-corrected chi connectivity index (χ0v) is 16.2. The minimum absolute atomic E-state index is 0.0906. The SMILES string of the molecule is O=c1ccc(-c2noc(Cc3ccc(Cl)c(Cl)c3)n2)cn1Cc1ccccc1. The number of nitrogens with zero attached hydrogens (tertiary/aromatic N) is 3. The van der Waals surface area contributed by atoms with E-state index < -0.39 is 0 Å². The first kappa shape index (κ1) is 18.5. The van der Waals surface area contributed by atoms with Gasteiger partial charge in [0, 0.05) is 17.8 Å². The second-order valence-corrected chi connectivity index (χ2v) is 7.12. The molecule has 0 amide bonds. The molecule has 0 radical (unpaired) electrons. The first-order valence-corrected chi connectivity index (χ1v) is 9.35. The molecule has 28 heavy (non-hydrogen) atoms. The Kier molecular flexibility index (Phi) is 5.28. The normalized spacial score (nSPS) is 10.9. The Morgan fingerprint density at radius 3 is 2.54 bits per heavy atom. The molecule has 4 rings (SSSR count). The highest BCUT2D eigenvalue weighted by atomic mass is 35.5. The van der Waals surface area contributed by atoms with Crippen molar-refractivity contribution in [2.45, 2.75) is 13.0 Å². The molecule has 0 atom stereocenters. The highest BCUT2D eigenvalue weighted by Crippen LogP contribution is 2.24. The molecular formula is C21H15Cl2N3O2. The summed E-state index contributed by atoms with van der Waals surface area (Å²) in [4.78, 5) is 16.6. The third-order valence-corrected chi connectivity index (χ3v) is 4.98. The van der Waals surface area contributed by atoms with Gasteiger partial charge < -0.3 is 9.09 Å². The van der Waals surface area contributed by atoms with Crippen LogP contribution in [0.3, 0.4) is 0 Å². The summed E-state index contributed by atoms with van der Waals surface area (Å²) >= 11 is 12.0. The molecule has 7 heteroatoms. The van der Waals surface area contributed by atoms with Gasteiger partial charge >= 0.3 is 0 Å². The van der Waals surface area contributed by atoms with Gasteiger partial charge in [0.15, 0.2) is 0 Å². The number of rotatable bonds is 5. The van der Waals surface area contributed by atoms with Crippen molar-refractivity contribution in [1.82, 2.24) is 14.7 Å². The Morgan fingerprint density at radius 2 is 1.75 bits per heavy atom. The molecule has 0 aliphatic carbocycles. The molecule has 5 nitrogen and oxygen atoms in total. The molecule has 0 saturated heterocycles. The molecule has 4 aromatic rings. The molecule has 140 valence electrons. The number of pyridine rings is 1. The van der Waals surface area contributed by atoms with Crippen molar-refractivity contribution in [3.8, 4) is 11.4 Å². The summed E-state index contributed by atoms with van der Waals surface area (Å²) in [6.07, 6.45) is 2.18. The first-order valence-electron chi connectivity index (χ1n) is 8.60. The molecule has 0 unspecified atom stereocenters. The van der Waals surface area contributed by atoms with Crippen LogP contribution in [-0.2, 0) is 13.0 Å². The van der Waals surface area contributed by atoms with Gasteiger partial charge in [0.2, 0.25) is 11.7 Å². The lowest BCUT2D eigenvalue weighted by molar-refractivity contribution is 0.385. The number of aromatic nitrogens is 3. The maximum atomic E-state index is 12.2. The number of hydrogen-bond donors (Lipinski definition) is 0. The highest BCUT2D eigenvalue weighted by molar-refractivity contribution is 6.42. The molecule has 0 N–H and O–H groups in total. The Balaban J connectivity index is 1.57. The van der Waals surface area contributed by atoms with Crippen LogP contribution in [0.4, 0.5) is 0 Å². The van der Waals surface area contributed by atoms with E-state index >= 15 is 0 Å². The summed E-state index contributed by atoms with van der Waals surface area (Å²) in [6, 6.07) is 18.3. The van der Waals surface area contributed by atoms with Crippen LogP contribution in [0, 0.1) is 0 Å². The molecule has 0 aliphatic rings. The van der Waals surface area contributed by atoms with E-state index in [1.54, 1.807) is 29.0 Å². The monoisotopic (exact) mass is 411 g/mol. The number of hydrogen-bond acceptors (Lipinski definition) is 4. The van der Waals surface area contributed by atoms with E-state index in [4.69, 9.17) is 27.7 Å². The summed E-state index contributed by atoms with van der Waals surface area (Å²) in [7, 11) is 0. The molecule has 0 bridgehead atoms. The third kappa shape index (κ3) is 4.16. The lowest BCUT2D eigenvalue weighted by Gasteiger charge is -2.06. The van der Waals surface area contributed by atoms with Crippen molar-refractivity contribution in [2.24, 2.45) is 0 Å². The first-order chi connectivity index (χ1) is 13.6. The van der Waals surface area contributed by atoms with Crippen LogP contribution < -0.4 is 5.56 Å². The molecule has 0 fully saturated rings. The molecular weight excluding hydrogens is 397 g/mol. The molecule has 2 aromatic heterocycles. The Morgan fingerprint density at radius 1 is 0.929 bits per heavy atom. The molecule has 0 saturated carbocycles. The predicted octanol–water partition coefficient (Wildman–Crippen LogP) is 4.84. The maximum Gasteiger partial charge on any atom is 0.250 e. The van der Waals surface area contributed by atoms with Crippen LogP contribution in [0.2, 0.25) is 10.0 Å². The van der Waals surface area contributed by atoms with Crippen molar-refractivity contribution in [3.05, 3.63) is 104 Å². The highest BCUT2D eigenvalue weighted by Gasteiger charge is 2.12. The fourth-order valence-electron chi connectivity index (χ4n) is 2.84. The lowest BCUT2D eigenvalue weighted by atomic mass is 10.1. The van der Waals surface area contributed by atoms with Gasteiger partial charge in [-0.15, -0.1) is 0 Å².